The van der Waals surface area contributed by atoms with Gasteiger partial charge in [0.1, 0.15) is 6.04 Å². The van der Waals surface area contributed by atoms with E-state index in [1.54, 1.807) is 6.20 Å². The third-order valence-electron chi connectivity index (χ3n) is 6.12. The standard InChI is InChI=1S/C25H21N3O3/c29-23(14-16-8-9-21-22(13-16)31-15-30-21)28-12-10-18-17-5-1-2-6-19(17)27-24(18)25(28)20-7-3-4-11-26-20/h1-9,11,13,25,27H,10,12,14-15H2/t25-/m1/s1. The Hall–Kier alpha value is -3.80. The maximum absolute atomic E-state index is 13.5. The van der Waals surface area contributed by atoms with Gasteiger partial charge in [-0.1, -0.05) is 30.3 Å². The summed E-state index contributed by atoms with van der Waals surface area (Å²) in [4.78, 5) is 23.6. The van der Waals surface area contributed by atoms with Gasteiger partial charge < -0.3 is 19.4 Å². The summed E-state index contributed by atoms with van der Waals surface area (Å²) >= 11 is 0. The van der Waals surface area contributed by atoms with E-state index in [0.717, 1.165) is 34.6 Å². The van der Waals surface area contributed by atoms with Crippen LogP contribution in [0.25, 0.3) is 10.9 Å². The van der Waals surface area contributed by atoms with Crippen LogP contribution in [0.5, 0.6) is 11.5 Å². The molecule has 0 saturated heterocycles. The Kier molecular flexibility index (Phi) is 4.16. The van der Waals surface area contributed by atoms with Crippen molar-refractivity contribution in [1.82, 2.24) is 14.9 Å². The van der Waals surface area contributed by atoms with Crippen LogP contribution in [0.4, 0.5) is 0 Å². The summed E-state index contributed by atoms with van der Waals surface area (Å²) in [7, 11) is 0. The van der Waals surface area contributed by atoms with Crippen LogP contribution >= 0.6 is 0 Å². The van der Waals surface area contributed by atoms with Crippen LogP contribution in [0.15, 0.2) is 66.9 Å². The number of benzene rings is 2. The average molecular weight is 411 g/mol. The Morgan fingerprint density at radius 1 is 1.06 bits per heavy atom. The summed E-state index contributed by atoms with van der Waals surface area (Å²) in [5, 5.41) is 1.22. The van der Waals surface area contributed by atoms with Gasteiger partial charge in [-0.2, -0.15) is 0 Å². The maximum Gasteiger partial charge on any atom is 0.231 e. The molecule has 2 aliphatic heterocycles. The number of para-hydroxylation sites is 1. The van der Waals surface area contributed by atoms with Crippen LogP contribution in [0.3, 0.4) is 0 Å². The van der Waals surface area contributed by atoms with Crippen molar-refractivity contribution in [3.8, 4) is 11.5 Å². The van der Waals surface area contributed by atoms with Crippen LogP contribution in [0.2, 0.25) is 0 Å². The number of fused-ring (bicyclic) bond motifs is 4. The summed E-state index contributed by atoms with van der Waals surface area (Å²) < 4.78 is 10.9. The number of hydrogen-bond acceptors (Lipinski definition) is 4. The van der Waals surface area contributed by atoms with Gasteiger partial charge in [0.05, 0.1) is 12.1 Å². The third-order valence-corrected chi connectivity index (χ3v) is 6.12. The minimum Gasteiger partial charge on any atom is -0.454 e. The number of aromatic nitrogens is 2. The van der Waals surface area contributed by atoms with Gasteiger partial charge in [-0.15, -0.1) is 0 Å². The first-order valence-electron chi connectivity index (χ1n) is 10.5. The Bertz CT molecular complexity index is 1280. The monoisotopic (exact) mass is 411 g/mol. The molecular weight excluding hydrogens is 390 g/mol. The zero-order chi connectivity index (χ0) is 20.8. The van der Waals surface area contributed by atoms with Crippen molar-refractivity contribution in [2.75, 3.05) is 13.3 Å². The van der Waals surface area contributed by atoms with E-state index in [0.29, 0.717) is 18.7 Å². The molecule has 0 aliphatic carbocycles. The molecular formula is C25H21N3O3. The molecule has 6 rings (SSSR count). The number of nitrogens with one attached hydrogen (secondary N) is 1. The van der Waals surface area contributed by atoms with Crippen LogP contribution in [0, 0.1) is 0 Å². The average Bonchev–Trinajstić information content (AvgIpc) is 3.43. The fourth-order valence-corrected chi connectivity index (χ4v) is 4.68. The van der Waals surface area contributed by atoms with E-state index >= 15 is 0 Å². The van der Waals surface area contributed by atoms with Gasteiger partial charge >= 0.3 is 0 Å². The molecule has 1 amide bonds. The minimum absolute atomic E-state index is 0.0684. The zero-order valence-electron chi connectivity index (χ0n) is 16.9. The van der Waals surface area contributed by atoms with Gasteiger partial charge in [-0.3, -0.25) is 9.78 Å². The predicted molar refractivity (Wildman–Crippen MR) is 116 cm³/mol. The molecule has 0 fully saturated rings. The van der Waals surface area contributed by atoms with Crippen LogP contribution in [-0.4, -0.2) is 34.1 Å². The normalized spacial score (nSPS) is 17.0. The molecule has 4 heterocycles. The number of hydrogen-bond donors (Lipinski definition) is 1. The van der Waals surface area contributed by atoms with Gasteiger partial charge in [0, 0.05) is 29.3 Å². The molecule has 6 nitrogen and oxygen atoms in total. The van der Waals surface area contributed by atoms with Crippen LogP contribution in [0.1, 0.15) is 28.6 Å². The van der Waals surface area contributed by atoms with Crippen molar-refractivity contribution in [2.24, 2.45) is 0 Å². The molecule has 0 unspecified atom stereocenters. The first kappa shape index (κ1) is 18.0. The second kappa shape index (κ2) is 7.16. The molecule has 0 saturated carbocycles. The van der Waals surface area contributed by atoms with E-state index < -0.39 is 0 Å². The number of nitrogens with zero attached hydrogens (tertiary/aromatic N) is 2. The van der Waals surface area contributed by atoms with Crippen molar-refractivity contribution < 1.29 is 14.3 Å². The smallest absolute Gasteiger partial charge is 0.231 e. The summed E-state index contributed by atoms with van der Waals surface area (Å²) in [5.74, 6) is 1.49. The molecule has 31 heavy (non-hydrogen) atoms. The molecule has 4 aromatic rings. The van der Waals surface area contributed by atoms with Gasteiger partial charge in [-0.25, -0.2) is 0 Å². The Balaban J connectivity index is 1.38. The summed E-state index contributed by atoms with van der Waals surface area (Å²) in [5.41, 5.74) is 5.22. The Morgan fingerprint density at radius 2 is 1.94 bits per heavy atom. The van der Waals surface area contributed by atoms with Gasteiger partial charge in [0.15, 0.2) is 11.5 Å². The lowest BCUT2D eigenvalue weighted by Crippen LogP contribution is -2.41. The van der Waals surface area contributed by atoms with Crippen LogP contribution < -0.4 is 9.47 Å². The topological polar surface area (TPSA) is 67.5 Å². The highest BCUT2D eigenvalue weighted by molar-refractivity contribution is 5.87. The fraction of sp³-hybridized carbons (Fsp3) is 0.200. The SMILES string of the molecule is O=C(Cc1ccc2c(c1)OCO2)N1CCc2c([nH]c3ccccc23)[C@H]1c1ccccn1. The second-order valence-corrected chi connectivity index (χ2v) is 7.92. The third kappa shape index (κ3) is 3.03. The highest BCUT2D eigenvalue weighted by Crippen LogP contribution is 2.38. The van der Waals surface area contributed by atoms with E-state index in [4.69, 9.17) is 9.47 Å². The van der Waals surface area contributed by atoms with Crippen molar-refractivity contribution in [1.29, 1.82) is 0 Å². The van der Waals surface area contributed by atoms with Gasteiger partial charge in [-0.05, 0) is 47.9 Å². The second-order valence-electron chi connectivity index (χ2n) is 7.92. The number of aromatic amines is 1. The molecule has 2 aromatic heterocycles. The summed E-state index contributed by atoms with van der Waals surface area (Å²) in [6.07, 6.45) is 2.90. The van der Waals surface area contributed by atoms with E-state index in [9.17, 15) is 4.79 Å². The lowest BCUT2D eigenvalue weighted by Gasteiger charge is -2.35. The summed E-state index contributed by atoms with van der Waals surface area (Å²) in [6, 6.07) is 19.6. The summed E-state index contributed by atoms with van der Waals surface area (Å²) in [6.45, 7) is 0.878. The van der Waals surface area contributed by atoms with Gasteiger partial charge in [0.25, 0.3) is 0 Å². The van der Waals surface area contributed by atoms with Crippen molar-refractivity contribution in [2.45, 2.75) is 18.9 Å². The quantitative estimate of drug-likeness (QED) is 0.553. The molecule has 1 N–H and O–H groups in total. The Labute approximate surface area is 179 Å². The zero-order valence-corrected chi connectivity index (χ0v) is 16.9. The molecule has 0 radical (unpaired) electrons. The lowest BCUT2D eigenvalue weighted by molar-refractivity contribution is -0.132. The molecule has 2 aliphatic rings. The molecule has 154 valence electrons. The van der Waals surface area contributed by atoms with Crippen molar-refractivity contribution in [3.05, 3.63) is 89.4 Å². The minimum atomic E-state index is -0.237. The maximum atomic E-state index is 13.5. The number of rotatable bonds is 3. The number of carbonyl (C=O) groups is 1. The highest BCUT2D eigenvalue weighted by Gasteiger charge is 2.35. The molecule has 1 atom stereocenters. The first-order chi connectivity index (χ1) is 15.3. The molecule has 2 aromatic carbocycles. The molecule has 6 heteroatoms. The number of pyridine rings is 1. The highest BCUT2D eigenvalue weighted by atomic mass is 16.7. The Morgan fingerprint density at radius 3 is 2.84 bits per heavy atom. The largest absolute Gasteiger partial charge is 0.454 e. The van der Waals surface area contributed by atoms with E-state index in [2.05, 4.69) is 28.2 Å². The van der Waals surface area contributed by atoms with Gasteiger partial charge in [0.2, 0.25) is 12.7 Å². The fourth-order valence-electron chi connectivity index (χ4n) is 4.68. The van der Waals surface area contributed by atoms with Crippen LogP contribution in [-0.2, 0) is 17.6 Å². The molecule has 0 bridgehead atoms. The number of H-pyrrole nitrogens is 1. The predicted octanol–water partition coefficient (Wildman–Crippen LogP) is 4.01. The molecule has 0 spiro atoms. The van der Waals surface area contributed by atoms with E-state index in [1.807, 2.05) is 47.4 Å². The van der Waals surface area contributed by atoms with E-state index in [-0.39, 0.29) is 18.7 Å². The van der Waals surface area contributed by atoms with Crippen molar-refractivity contribution in [3.63, 3.8) is 0 Å². The number of carbonyl (C=O) groups excluding carboxylic acids is 1. The number of ether oxygens (including phenoxy) is 2. The van der Waals surface area contributed by atoms with E-state index in [1.165, 1.54) is 10.9 Å². The first-order valence-corrected chi connectivity index (χ1v) is 10.5. The number of amides is 1. The lowest BCUT2D eigenvalue weighted by atomic mass is 9.94. The van der Waals surface area contributed by atoms with Crippen molar-refractivity contribution >= 4 is 16.8 Å².